The molecule has 0 radical (unpaired) electrons. The fraction of sp³-hybridized carbons (Fsp3) is 0.200. The molecular weight excluding hydrogens is 296 g/mol. The number of hydrogen-bond acceptors (Lipinski definition) is 11. The minimum atomic E-state index is -1.95. The molecule has 2 rings (SSSR count). The second kappa shape index (κ2) is 4.79. The van der Waals surface area contributed by atoms with Crippen LogP contribution in [0.3, 0.4) is 0 Å². The number of aliphatic hydroxyl groups excluding tert-OH is 8. The Morgan fingerprint density at radius 3 is 1.24 bits per heavy atom. The number of aliphatic hydroxyl groups is 8. The molecule has 8 N–H and O–H groups in total. The standard InChI is InChI=1S/C10H10O11/c11-1-3(13)7(17)19-9(5(1)15)21-10-6(16)2(12)4(14)8(18)20-10/h9-18H. The molecule has 0 bridgehead atoms. The van der Waals surface area contributed by atoms with E-state index < -0.39 is 59.0 Å². The van der Waals surface area contributed by atoms with Crippen molar-refractivity contribution in [3.63, 3.8) is 0 Å². The molecule has 0 aromatic heterocycles. The minimum Gasteiger partial charge on any atom is -0.503 e. The molecule has 0 spiro atoms. The van der Waals surface area contributed by atoms with Crippen molar-refractivity contribution in [2.75, 3.05) is 0 Å². The van der Waals surface area contributed by atoms with Gasteiger partial charge in [-0.3, -0.25) is 4.74 Å². The summed E-state index contributed by atoms with van der Waals surface area (Å²) >= 11 is 0. The van der Waals surface area contributed by atoms with Gasteiger partial charge in [0.1, 0.15) is 0 Å². The van der Waals surface area contributed by atoms with Crippen LogP contribution in [0.25, 0.3) is 0 Å². The fourth-order valence-electron chi connectivity index (χ4n) is 1.39. The molecule has 11 nitrogen and oxygen atoms in total. The SMILES string of the molecule is OC1=C(O)C(O)=C(O)C(OC2OC(O)=C(O)C(O)=C2O)O1. The van der Waals surface area contributed by atoms with Crippen LogP contribution in [0.5, 0.6) is 0 Å². The Morgan fingerprint density at radius 1 is 0.571 bits per heavy atom. The van der Waals surface area contributed by atoms with E-state index in [0.717, 1.165) is 0 Å². The first-order valence-corrected chi connectivity index (χ1v) is 5.22. The van der Waals surface area contributed by atoms with Gasteiger partial charge in [-0.15, -0.1) is 0 Å². The molecule has 2 aliphatic heterocycles. The van der Waals surface area contributed by atoms with Crippen molar-refractivity contribution in [2.24, 2.45) is 0 Å². The predicted molar refractivity (Wildman–Crippen MR) is 60.0 cm³/mol. The minimum absolute atomic E-state index is 1.08. The first-order valence-electron chi connectivity index (χ1n) is 5.22. The molecule has 0 saturated heterocycles. The lowest BCUT2D eigenvalue weighted by Crippen LogP contribution is -2.35. The molecule has 11 heteroatoms. The van der Waals surface area contributed by atoms with Gasteiger partial charge < -0.3 is 50.3 Å². The molecule has 2 heterocycles. The van der Waals surface area contributed by atoms with E-state index in [4.69, 9.17) is 25.2 Å². The summed E-state index contributed by atoms with van der Waals surface area (Å²) in [5, 5.41) is 73.9. The highest BCUT2D eigenvalue weighted by Crippen LogP contribution is 2.30. The average molecular weight is 306 g/mol. The van der Waals surface area contributed by atoms with Crippen molar-refractivity contribution < 1.29 is 55.1 Å². The summed E-state index contributed by atoms with van der Waals surface area (Å²) in [6.07, 6.45) is -3.90. The first-order chi connectivity index (χ1) is 9.73. The normalized spacial score (nSPS) is 26.9. The molecule has 21 heavy (non-hydrogen) atoms. The molecule has 116 valence electrons. The Kier molecular flexibility index (Phi) is 3.27. The Bertz CT molecular complexity index is 544. The highest BCUT2D eigenvalue weighted by molar-refractivity contribution is 5.27. The van der Waals surface area contributed by atoms with Crippen molar-refractivity contribution in [1.82, 2.24) is 0 Å². The number of hydrogen-bond donors (Lipinski definition) is 8. The van der Waals surface area contributed by atoms with Crippen LogP contribution in [-0.4, -0.2) is 53.4 Å². The second-order valence-electron chi connectivity index (χ2n) is 3.81. The number of ether oxygens (including phenoxy) is 3. The maximum absolute atomic E-state index is 9.46. The fourth-order valence-corrected chi connectivity index (χ4v) is 1.39. The van der Waals surface area contributed by atoms with E-state index in [1.54, 1.807) is 0 Å². The Balaban J connectivity index is 2.22. The summed E-state index contributed by atoms with van der Waals surface area (Å²) in [4.78, 5) is 0. The van der Waals surface area contributed by atoms with Crippen LogP contribution in [0, 0.1) is 0 Å². The Labute approximate surface area is 115 Å². The van der Waals surface area contributed by atoms with Crippen LogP contribution in [0.4, 0.5) is 0 Å². The topological polar surface area (TPSA) is 190 Å². The maximum atomic E-state index is 9.46. The first kappa shape index (κ1) is 14.3. The lowest BCUT2D eigenvalue weighted by Gasteiger charge is -2.28. The van der Waals surface area contributed by atoms with E-state index in [9.17, 15) is 20.4 Å². The number of rotatable bonds is 2. The lowest BCUT2D eigenvalue weighted by molar-refractivity contribution is -0.240. The van der Waals surface area contributed by atoms with E-state index in [-0.39, 0.29) is 0 Å². The van der Waals surface area contributed by atoms with E-state index in [2.05, 4.69) is 9.47 Å². The molecule has 2 unspecified atom stereocenters. The van der Waals surface area contributed by atoms with E-state index in [0.29, 0.717) is 0 Å². The third-order valence-corrected chi connectivity index (χ3v) is 2.47. The summed E-state index contributed by atoms with van der Waals surface area (Å²) < 4.78 is 13.7. The third kappa shape index (κ3) is 2.25. The van der Waals surface area contributed by atoms with Crippen LogP contribution in [-0.2, 0) is 14.2 Å². The highest BCUT2D eigenvalue weighted by Gasteiger charge is 2.39. The van der Waals surface area contributed by atoms with Gasteiger partial charge in [0.15, 0.2) is 0 Å². The molecule has 0 aromatic rings. The molecule has 0 amide bonds. The van der Waals surface area contributed by atoms with Gasteiger partial charge in [-0.1, -0.05) is 0 Å². The quantitative estimate of drug-likeness (QED) is 0.362. The van der Waals surface area contributed by atoms with E-state index in [1.807, 2.05) is 0 Å². The van der Waals surface area contributed by atoms with E-state index >= 15 is 0 Å². The van der Waals surface area contributed by atoms with Gasteiger partial charge >= 0.3 is 11.9 Å². The van der Waals surface area contributed by atoms with Crippen LogP contribution < -0.4 is 0 Å². The zero-order chi connectivity index (χ0) is 15.9. The van der Waals surface area contributed by atoms with Crippen LogP contribution in [0.15, 0.2) is 46.4 Å². The summed E-state index contributed by atoms with van der Waals surface area (Å²) in [7, 11) is 0. The third-order valence-electron chi connectivity index (χ3n) is 2.47. The van der Waals surface area contributed by atoms with Gasteiger partial charge in [-0.2, -0.15) is 0 Å². The average Bonchev–Trinajstić information content (AvgIpc) is 2.45. The van der Waals surface area contributed by atoms with E-state index in [1.165, 1.54) is 0 Å². The van der Waals surface area contributed by atoms with Crippen molar-refractivity contribution in [1.29, 1.82) is 0 Å². The molecular formula is C10H10O11. The summed E-state index contributed by atoms with van der Waals surface area (Å²) in [5.74, 6) is -9.17. The predicted octanol–water partition coefficient (Wildman–Crippen LogP) is 0.941. The van der Waals surface area contributed by atoms with Crippen molar-refractivity contribution >= 4 is 0 Å². The zero-order valence-corrected chi connectivity index (χ0v) is 9.96. The van der Waals surface area contributed by atoms with Gasteiger partial charge in [0, 0.05) is 0 Å². The zero-order valence-electron chi connectivity index (χ0n) is 9.96. The second-order valence-corrected chi connectivity index (χ2v) is 3.81. The maximum Gasteiger partial charge on any atom is 0.327 e. The van der Waals surface area contributed by atoms with Gasteiger partial charge in [0.05, 0.1) is 0 Å². The summed E-state index contributed by atoms with van der Waals surface area (Å²) in [6.45, 7) is 0. The monoisotopic (exact) mass is 306 g/mol. The molecule has 2 aliphatic rings. The van der Waals surface area contributed by atoms with Gasteiger partial charge in [-0.05, 0) is 0 Å². The summed E-state index contributed by atoms with van der Waals surface area (Å²) in [5.41, 5.74) is 0. The van der Waals surface area contributed by atoms with Crippen LogP contribution in [0.2, 0.25) is 0 Å². The molecule has 0 aromatic carbocycles. The highest BCUT2D eigenvalue weighted by atomic mass is 16.8. The lowest BCUT2D eigenvalue weighted by atomic mass is 10.3. The van der Waals surface area contributed by atoms with Crippen LogP contribution in [0.1, 0.15) is 0 Å². The van der Waals surface area contributed by atoms with Gasteiger partial charge in [0.2, 0.25) is 34.6 Å². The van der Waals surface area contributed by atoms with Gasteiger partial charge in [0.25, 0.3) is 12.6 Å². The molecule has 0 fully saturated rings. The largest absolute Gasteiger partial charge is 0.503 e. The smallest absolute Gasteiger partial charge is 0.327 e. The van der Waals surface area contributed by atoms with Crippen LogP contribution >= 0.6 is 0 Å². The molecule has 0 aliphatic carbocycles. The van der Waals surface area contributed by atoms with Crippen molar-refractivity contribution in [3.05, 3.63) is 46.4 Å². The molecule has 2 atom stereocenters. The van der Waals surface area contributed by atoms with Crippen molar-refractivity contribution in [2.45, 2.75) is 12.6 Å². The van der Waals surface area contributed by atoms with Crippen molar-refractivity contribution in [3.8, 4) is 0 Å². The van der Waals surface area contributed by atoms with Gasteiger partial charge in [-0.25, -0.2) is 0 Å². The Hall–Kier alpha value is -3.08. The summed E-state index contributed by atoms with van der Waals surface area (Å²) in [6, 6.07) is 0. The Morgan fingerprint density at radius 2 is 0.905 bits per heavy atom. The molecule has 0 saturated carbocycles.